The largest absolute Gasteiger partial charge is 0.432 e. The maximum atomic E-state index is 14.9. The van der Waals surface area contributed by atoms with E-state index in [0.717, 1.165) is 6.07 Å². The number of halogens is 10. The van der Waals surface area contributed by atoms with E-state index in [1.54, 1.807) is 6.92 Å². The third kappa shape index (κ3) is 4.93. The van der Waals surface area contributed by atoms with E-state index in [2.05, 4.69) is 4.74 Å². The molecule has 41 heavy (non-hydrogen) atoms. The van der Waals surface area contributed by atoms with Crippen molar-refractivity contribution in [2.24, 2.45) is 0 Å². The number of rotatable bonds is 6. The van der Waals surface area contributed by atoms with Crippen molar-refractivity contribution in [3.63, 3.8) is 0 Å². The first-order valence-electron chi connectivity index (χ1n) is 12.1. The van der Waals surface area contributed by atoms with Crippen LogP contribution in [0.3, 0.4) is 0 Å². The summed E-state index contributed by atoms with van der Waals surface area (Å²) >= 11 is 0. The van der Waals surface area contributed by atoms with Crippen LogP contribution in [0, 0.1) is 46.5 Å². The molecule has 0 fully saturated rings. The van der Waals surface area contributed by atoms with Gasteiger partial charge < -0.3 is 4.74 Å². The average Bonchev–Trinajstić information content (AvgIpc) is 2.89. The van der Waals surface area contributed by atoms with E-state index >= 15 is 0 Å². The summed E-state index contributed by atoms with van der Waals surface area (Å²) in [5.74, 6) is -14.1. The number of fused-ring (bicyclic) bond motifs is 2. The van der Waals surface area contributed by atoms with Gasteiger partial charge in [0.25, 0.3) is 0 Å². The molecule has 0 aromatic heterocycles. The Labute approximate surface area is 225 Å². The zero-order chi connectivity index (χ0) is 29.8. The van der Waals surface area contributed by atoms with Crippen LogP contribution in [-0.4, -0.2) is 0 Å². The van der Waals surface area contributed by atoms with Crippen LogP contribution in [0.4, 0.5) is 43.9 Å². The van der Waals surface area contributed by atoms with Crippen molar-refractivity contribution in [1.82, 2.24) is 0 Å². The van der Waals surface area contributed by atoms with Gasteiger partial charge in [0.05, 0.1) is 5.39 Å². The number of hydrogen-bond donors (Lipinski definition) is 0. The van der Waals surface area contributed by atoms with E-state index in [0.29, 0.717) is 36.1 Å². The molecule has 212 valence electrons. The van der Waals surface area contributed by atoms with Gasteiger partial charge in [-0.25, -0.2) is 35.1 Å². The van der Waals surface area contributed by atoms with Gasteiger partial charge in [-0.2, -0.15) is 8.78 Å². The molecule has 0 bridgehead atoms. The highest BCUT2D eigenvalue weighted by Crippen LogP contribution is 2.39. The lowest BCUT2D eigenvalue weighted by molar-refractivity contribution is -0.189. The lowest BCUT2D eigenvalue weighted by Crippen LogP contribution is -2.25. The molecule has 0 saturated heterocycles. The number of aryl methyl sites for hydroxylation is 1. The van der Waals surface area contributed by atoms with Crippen LogP contribution >= 0.6 is 0 Å². The molecule has 0 radical (unpaired) electrons. The normalized spacial score (nSPS) is 12.0. The van der Waals surface area contributed by atoms with Crippen LogP contribution in [0.1, 0.15) is 24.5 Å². The minimum atomic E-state index is -4.77. The van der Waals surface area contributed by atoms with Crippen LogP contribution in [0.25, 0.3) is 32.7 Å². The van der Waals surface area contributed by atoms with E-state index < -0.39 is 74.7 Å². The lowest BCUT2D eigenvalue weighted by atomic mass is 9.97. The number of hydrogen-bond acceptors (Lipinski definition) is 1. The van der Waals surface area contributed by atoms with Gasteiger partial charge in [-0.15, -0.1) is 0 Å². The van der Waals surface area contributed by atoms with Gasteiger partial charge in [0.1, 0.15) is 28.8 Å². The topological polar surface area (TPSA) is 9.23 Å². The summed E-state index contributed by atoms with van der Waals surface area (Å²) < 4.78 is 149. The molecular formula is C30H16F10O. The van der Waals surface area contributed by atoms with Gasteiger partial charge in [0.15, 0.2) is 29.1 Å². The predicted molar refractivity (Wildman–Crippen MR) is 132 cm³/mol. The van der Waals surface area contributed by atoms with Crippen LogP contribution in [0.15, 0.2) is 54.6 Å². The molecule has 5 aromatic carbocycles. The van der Waals surface area contributed by atoms with Crippen molar-refractivity contribution >= 4 is 21.5 Å². The van der Waals surface area contributed by atoms with E-state index in [9.17, 15) is 43.9 Å². The van der Waals surface area contributed by atoms with Gasteiger partial charge >= 0.3 is 6.11 Å². The highest BCUT2D eigenvalue weighted by atomic mass is 19.3. The van der Waals surface area contributed by atoms with Gasteiger partial charge in [-0.05, 0) is 70.3 Å². The summed E-state index contributed by atoms with van der Waals surface area (Å²) in [5.41, 5.74) is -2.02. The molecule has 0 aliphatic rings. The van der Waals surface area contributed by atoms with Gasteiger partial charge in [0.2, 0.25) is 0 Å². The molecule has 0 saturated carbocycles. The highest BCUT2D eigenvalue weighted by Gasteiger charge is 2.41. The molecule has 0 aliphatic carbocycles. The molecular weight excluding hydrogens is 566 g/mol. The van der Waals surface area contributed by atoms with Crippen LogP contribution in [0.5, 0.6) is 5.75 Å². The molecule has 0 atom stereocenters. The molecule has 11 heteroatoms. The number of alkyl halides is 2. The van der Waals surface area contributed by atoms with Crippen molar-refractivity contribution in [2.45, 2.75) is 25.9 Å². The monoisotopic (exact) mass is 582 g/mol. The van der Waals surface area contributed by atoms with Gasteiger partial charge in [0, 0.05) is 11.5 Å². The molecule has 1 nitrogen and oxygen atoms in total. The van der Waals surface area contributed by atoms with Crippen LogP contribution < -0.4 is 4.74 Å². The SMILES string of the molecule is CCCc1cc2ccc(-c3cc(F)c(C(F)(F)Oc4cc(F)c5c(F)c(F)c(F)cc5c4)c(F)c3)cc2c(F)c1F. The Balaban J connectivity index is 1.52. The second kappa shape index (κ2) is 10.3. The summed E-state index contributed by atoms with van der Waals surface area (Å²) in [6, 6.07) is 7.42. The molecule has 5 rings (SSSR count). The van der Waals surface area contributed by atoms with Crippen molar-refractivity contribution in [2.75, 3.05) is 0 Å². The van der Waals surface area contributed by atoms with Gasteiger partial charge in [-0.3, -0.25) is 0 Å². The minimum absolute atomic E-state index is 0.0134. The number of ether oxygens (including phenoxy) is 1. The molecule has 5 aromatic rings. The number of benzene rings is 5. The maximum absolute atomic E-state index is 14.9. The Morgan fingerprint density at radius 2 is 1.29 bits per heavy atom. The average molecular weight is 582 g/mol. The fourth-order valence-electron chi connectivity index (χ4n) is 4.65. The summed E-state index contributed by atoms with van der Waals surface area (Å²) in [4.78, 5) is 0. The molecule has 0 heterocycles. The van der Waals surface area contributed by atoms with Gasteiger partial charge in [-0.1, -0.05) is 25.5 Å². The highest BCUT2D eigenvalue weighted by molar-refractivity contribution is 5.89. The Kier molecular flexibility index (Phi) is 7.08. The Hall–Kier alpha value is -4.28. The Morgan fingerprint density at radius 3 is 1.95 bits per heavy atom. The Bertz CT molecular complexity index is 1830. The third-order valence-electron chi connectivity index (χ3n) is 6.52. The van der Waals surface area contributed by atoms with E-state index in [1.165, 1.54) is 18.2 Å². The van der Waals surface area contributed by atoms with E-state index in [4.69, 9.17) is 0 Å². The predicted octanol–water partition coefficient (Wildman–Crippen LogP) is 9.85. The second-order valence-electron chi connectivity index (χ2n) is 9.27. The minimum Gasteiger partial charge on any atom is -0.429 e. The standard InChI is InChI=1S/C30H16F10O/c1-2-3-15-6-14-5-4-13(8-19(14)27(36)26(15)35)16-9-21(32)25(22(33)10-16)30(39,40)41-18-7-17-11-23(34)28(37)29(38)24(17)20(31)12-18/h4-12H,2-3H2,1H3. The van der Waals surface area contributed by atoms with Crippen LogP contribution in [-0.2, 0) is 12.5 Å². The summed E-state index contributed by atoms with van der Waals surface area (Å²) in [6.07, 6.45) is -3.92. The summed E-state index contributed by atoms with van der Waals surface area (Å²) in [7, 11) is 0. The van der Waals surface area contributed by atoms with Crippen molar-refractivity contribution in [3.8, 4) is 16.9 Å². The third-order valence-corrected chi connectivity index (χ3v) is 6.52. The molecule has 0 unspecified atom stereocenters. The van der Waals surface area contributed by atoms with Crippen molar-refractivity contribution in [3.05, 3.63) is 112 Å². The first-order chi connectivity index (χ1) is 19.3. The molecule has 0 amide bonds. The Morgan fingerprint density at radius 1 is 0.610 bits per heavy atom. The zero-order valence-electron chi connectivity index (χ0n) is 20.8. The molecule has 0 aliphatic heterocycles. The van der Waals surface area contributed by atoms with E-state index in [-0.39, 0.29) is 34.6 Å². The molecule has 0 N–H and O–H groups in total. The smallest absolute Gasteiger partial charge is 0.429 e. The zero-order valence-corrected chi connectivity index (χ0v) is 20.8. The first-order valence-corrected chi connectivity index (χ1v) is 12.1. The van der Waals surface area contributed by atoms with E-state index in [1.807, 2.05) is 0 Å². The first kappa shape index (κ1) is 28.3. The van der Waals surface area contributed by atoms with Crippen molar-refractivity contribution in [1.29, 1.82) is 0 Å². The maximum Gasteiger partial charge on any atom is 0.432 e. The van der Waals surface area contributed by atoms with Crippen molar-refractivity contribution < 1.29 is 48.6 Å². The fourth-order valence-corrected chi connectivity index (χ4v) is 4.65. The fraction of sp³-hybridized carbons (Fsp3) is 0.133. The summed E-state index contributed by atoms with van der Waals surface area (Å²) in [5, 5.41) is -1.61. The van der Waals surface area contributed by atoms with Crippen LogP contribution in [0.2, 0.25) is 0 Å². The quantitative estimate of drug-likeness (QED) is 0.143. The summed E-state index contributed by atoms with van der Waals surface area (Å²) in [6.45, 7) is 1.79. The lowest BCUT2D eigenvalue weighted by Gasteiger charge is -2.20. The second-order valence-corrected chi connectivity index (χ2v) is 9.27. The molecule has 0 spiro atoms.